The number of aryl methyl sites for hydroxylation is 1. The number of benzene rings is 2. The number of hydrogen-bond acceptors (Lipinski definition) is 3. The molecule has 3 aromatic rings. The monoisotopic (exact) mass is 467 g/mol. The van der Waals surface area contributed by atoms with Crippen LogP contribution in [0.1, 0.15) is 16.7 Å². The van der Waals surface area contributed by atoms with Crippen molar-refractivity contribution in [3.05, 3.63) is 93.3 Å². The molecule has 0 amide bonds. The standard InChI is InChI=1S/C12H10IN.C7H8O3S/c13-12-5-3-10(4-6-12)8-11-2-1-7-14-9-11;1-6-2-4-7(5-3-6)11(8,9)10/h1-7,9H,8H2;2-5H,1H3,(H,8,9,10). The summed E-state index contributed by atoms with van der Waals surface area (Å²) < 4.78 is 30.8. The van der Waals surface area contributed by atoms with E-state index in [-0.39, 0.29) is 4.90 Å². The van der Waals surface area contributed by atoms with E-state index in [0.717, 1.165) is 12.0 Å². The predicted octanol–water partition coefficient (Wildman–Crippen LogP) is 4.52. The van der Waals surface area contributed by atoms with E-state index in [2.05, 4.69) is 57.9 Å². The molecule has 130 valence electrons. The van der Waals surface area contributed by atoms with E-state index in [1.54, 1.807) is 18.3 Å². The van der Waals surface area contributed by atoms with Crippen LogP contribution in [0.25, 0.3) is 0 Å². The van der Waals surface area contributed by atoms with Crippen molar-refractivity contribution in [2.75, 3.05) is 0 Å². The van der Waals surface area contributed by atoms with Crippen molar-refractivity contribution in [3.63, 3.8) is 0 Å². The van der Waals surface area contributed by atoms with E-state index in [1.807, 2.05) is 19.2 Å². The summed E-state index contributed by atoms with van der Waals surface area (Å²) in [5.41, 5.74) is 3.55. The third-order valence-corrected chi connectivity index (χ3v) is 4.95. The van der Waals surface area contributed by atoms with Crippen molar-refractivity contribution < 1.29 is 13.0 Å². The van der Waals surface area contributed by atoms with Gasteiger partial charge in [0.2, 0.25) is 0 Å². The molecule has 0 radical (unpaired) electrons. The minimum absolute atomic E-state index is 0.0666. The van der Waals surface area contributed by atoms with E-state index < -0.39 is 10.1 Å². The molecule has 0 saturated carbocycles. The van der Waals surface area contributed by atoms with Crippen LogP contribution in [0.15, 0.2) is 78.0 Å². The second-order valence-corrected chi connectivity index (χ2v) is 8.12. The molecule has 2 aromatic carbocycles. The summed E-state index contributed by atoms with van der Waals surface area (Å²) in [4.78, 5) is 4.03. The maximum absolute atomic E-state index is 10.5. The van der Waals surface area contributed by atoms with Crippen molar-refractivity contribution in [2.24, 2.45) is 0 Å². The highest BCUT2D eigenvalue weighted by Crippen LogP contribution is 2.11. The van der Waals surface area contributed by atoms with Gasteiger partial charge >= 0.3 is 0 Å². The van der Waals surface area contributed by atoms with E-state index in [0.29, 0.717) is 0 Å². The number of halogens is 1. The molecule has 0 saturated heterocycles. The van der Waals surface area contributed by atoms with Gasteiger partial charge in [-0.2, -0.15) is 8.42 Å². The third-order valence-electron chi connectivity index (χ3n) is 3.36. The van der Waals surface area contributed by atoms with Crippen LogP contribution in [0.2, 0.25) is 0 Å². The normalized spacial score (nSPS) is 10.7. The largest absolute Gasteiger partial charge is 0.294 e. The zero-order valence-corrected chi connectivity index (χ0v) is 16.6. The summed E-state index contributed by atoms with van der Waals surface area (Å²) >= 11 is 2.32. The van der Waals surface area contributed by atoms with Gasteiger partial charge in [-0.15, -0.1) is 0 Å². The molecule has 0 aliphatic carbocycles. The summed E-state index contributed by atoms with van der Waals surface area (Å²) in [5, 5.41) is 0. The highest BCUT2D eigenvalue weighted by atomic mass is 127. The van der Waals surface area contributed by atoms with Gasteiger partial charge in [-0.1, -0.05) is 35.9 Å². The summed E-state index contributed by atoms with van der Waals surface area (Å²) in [6.45, 7) is 1.84. The van der Waals surface area contributed by atoms with Crippen LogP contribution >= 0.6 is 22.6 Å². The SMILES string of the molecule is Cc1ccc(S(=O)(=O)O)cc1.Ic1ccc(Cc2cccnc2)cc1. The van der Waals surface area contributed by atoms with Gasteiger partial charge < -0.3 is 0 Å². The van der Waals surface area contributed by atoms with Crippen LogP contribution in [0.5, 0.6) is 0 Å². The first-order valence-electron chi connectivity index (χ1n) is 7.52. The van der Waals surface area contributed by atoms with Crippen LogP contribution in [-0.4, -0.2) is 18.0 Å². The molecule has 0 unspecified atom stereocenters. The molecule has 1 N–H and O–H groups in total. The number of aromatic nitrogens is 1. The highest BCUT2D eigenvalue weighted by molar-refractivity contribution is 14.1. The first-order valence-corrected chi connectivity index (χ1v) is 10.0. The lowest BCUT2D eigenvalue weighted by molar-refractivity contribution is 0.483. The van der Waals surface area contributed by atoms with Crippen LogP contribution in [0.3, 0.4) is 0 Å². The molecule has 0 spiro atoms. The number of nitrogens with zero attached hydrogens (tertiary/aromatic N) is 1. The van der Waals surface area contributed by atoms with Gasteiger partial charge in [-0.3, -0.25) is 9.54 Å². The Morgan fingerprint density at radius 3 is 2.12 bits per heavy atom. The number of pyridine rings is 1. The summed E-state index contributed by atoms with van der Waals surface area (Å²) in [6, 6.07) is 18.6. The van der Waals surface area contributed by atoms with Gasteiger partial charge in [0.1, 0.15) is 0 Å². The van der Waals surface area contributed by atoms with Gasteiger partial charge in [0.05, 0.1) is 4.90 Å². The van der Waals surface area contributed by atoms with Crippen molar-refractivity contribution in [2.45, 2.75) is 18.2 Å². The Kier molecular flexibility index (Phi) is 7.10. The fourth-order valence-electron chi connectivity index (χ4n) is 2.05. The fraction of sp³-hybridized carbons (Fsp3) is 0.105. The maximum atomic E-state index is 10.5. The first kappa shape index (κ1) is 19.6. The van der Waals surface area contributed by atoms with Gasteiger partial charge in [-0.05, 0) is 77.4 Å². The molecule has 1 heterocycles. The quantitative estimate of drug-likeness (QED) is 0.455. The van der Waals surface area contributed by atoms with Crippen LogP contribution in [0, 0.1) is 10.5 Å². The summed E-state index contributed by atoms with van der Waals surface area (Å²) in [7, 11) is -4.02. The number of hydrogen-bond donors (Lipinski definition) is 1. The average Bonchev–Trinajstić information content (AvgIpc) is 2.58. The van der Waals surface area contributed by atoms with E-state index >= 15 is 0 Å². The Labute approximate surface area is 161 Å². The minimum atomic E-state index is -4.02. The van der Waals surface area contributed by atoms with Crippen LogP contribution in [0.4, 0.5) is 0 Å². The topological polar surface area (TPSA) is 67.3 Å². The Hall–Kier alpha value is -1.77. The average molecular weight is 467 g/mol. The molecule has 0 aliphatic rings. The van der Waals surface area contributed by atoms with Crippen LogP contribution < -0.4 is 0 Å². The van der Waals surface area contributed by atoms with Crippen molar-refractivity contribution in [1.82, 2.24) is 4.98 Å². The Balaban J connectivity index is 0.000000186. The highest BCUT2D eigenvalue weighted by Gasteiger charge is 2.06. The molecule has 3 rings (SSSR count). The Morgan fingerprint density at radius 2 is 1.60 bits per heavy atom. The first-order chi connectivity index (χ1) is 11.8. The van der Waals surface area contributed by atoms with Crippen molar-refractivity contribution in [1.29, 1.82) is 0 Å². The van der Waals surface area contributed by atoms with E-state index in [1.165, 1.54) is 26.8 Å². The van der Waals surface area contributed by atoms with E-state index in [9.17, 15) is 8.42 Å². The molecule has 0 bridgehead atoms. The lowest BCUT2D eigenvalue weighted by Gasteiger charge is -2.00. The summed E-state index contributed by atoms with van der Waals surface area (Å²) in [5.74, 6) is 0. The summed E-state index contributed by atoms with van der Waals surface area (Å²) in [6.07, 6.45) is 4.68. The lowest BCUT2D eigenvalue weighted by atomic mass is 10.1. The maximum Gasteiger partial charge on any atom is 0.294 e. The lowest BCUT2D eigenvalue weighted by Crippen LogP contribution is -1.96. The Bertz CT molecular complexity index is 894. The third kappa shape index (κ3) is 6.93. The van der Waals surface area contributed by atoms with Crippen LogP contribution in [-0.2, 0) is 16.5 Å². The van der Waals surface area contributed by atoms with Crippen molar-refractivity contribution >= 4 is 32.7 Å². The molecule has 0 aliphatic heterocycles. The molecule has 4 nitrogen and oxygen atoms in total. The van der Waals surface area contributed by atoms with E-state index in [4.69, 9.17) is 4.55 Å². The molecule has 0 atom stereocenters. The number of rotatable bonds is 3. The zero-order valence-electron chi connectivity index (χ0n) is 13.6. The zero-order chi connectivity index (χ0) is 18.3. The molecule has 1 aromatic heterocycles. The van der Waals surface area contributed by atoms with Gasteiger partial charge in [0, 0.05) is 16.0 Å². The molecule has 0 fully saturated rings. The van der Waals surface area contributed by atoms with Gasteiger partial charge in [-0.25, -0.2) is 0 Å². The second kappa shape index (κ2) is 9.07. The van der Waals surface area contributed by atoms with Crippen molar-refractivity contribution in [3.8, 4) is 0 Å². The molecule has 6 heteroatoms. The predicted molar refractivity (Wildman–Crippen MR) is 107 cm³/mol. The second-order valence-electron chi connectivity index (χ2n) is 5.45. The van der Waals surface area contributed by atoms with Gasteiger partial charge in [0.15, 0.2) is 0 Å². The van der Waals surface area contributed by atoms with Gasteiger partial charge in [0.25, 0.3) is 10.1 Å². The smallest absolute Gasteiger partial charge is 0.282 e. The fourth-order valence-corrected chi connectivity index (χ4v) is 2.89. The molecular formula is C19H18INO3S. The molecule has 25 heavy (non-hydrogen) atoms. The molecular weight excluding hydrogens is 449 g/mol. The Morgan fingerprint density at radius 1 is 0.960 bits per heavy atom. The minimum Gasteiger partial charge on any atom is -0.282 e.